The van der Waals surface area contributed by atoms with Crippen LogP contribution in [0.5, 0.6) is 0 Å². The van der Waals surface area contributed by atoms with Crippen LogP contribution in [0.2, 0.25) is 0 Å². The van der Waals surface area contributed by atoms with Gasteiger partial charge in [-0.1, -0.05) is 47.8 Å². The van der Waals surface area contributed by atoms with Gasteiger partial charge in [0.15, 0.2) is 0 Å². The third kappa shape index (κ3) is 3.61. The fourth-order valence-corrected chi connectivity index (χ4v) is 3.41. The van der Waals surface area contributed by atoms with Gasteiger partial charge in [0, 0.05) is 4.47 Å². The van der Waals surface area contributed by atoms with E-state index in [1.54, 1.807) is 0 Å². The molecule has 3 N–H and O–H groups in total. The van der Waals surface area contributed by atoms with Gasteiger partial charge in [-0.3, -0.25) is 4.79 Å². The number of benzene rings is 1. The summed E-state index contributed by atoms with van der Waals surface area (Å²) in [7, 11) is 0. The van der Waals surface area contributed by atoms with E-state index in [9.17, 15) is 4.79 Å². The summed E-state index contributed by atoms with van der Waals surface area (Å²) in [6, 6.07) is 7.96. The zero-order valence-electron chi connectivity index (χ0n) is 12.2. The first-order valence-electron chi connectivity index (χ1n) is 7.26. The summed E-state index contributed by atoms with van der Waals surface area (Å²) < 4.78 is 1.02. The number of rotatable bonds is 3. The lowest BCUT2D eigenvalue weighted by Crippen LogP contribution is -2.56. The molecule has 1 aliphatic carbocycles. The van der Waals surface area contributed by atoms with Crippen molar-refractivity contribution in [2.75, 3.05) is 0 Å². The highest BCUT2D eigenvalue weighted by atomic mass is 79.9. The summed E-state index contributed by atoms with van der Waals surface area (Å²) in [6.07, 6.45) is 3.78. The number of carbonyl (C=O) groups excluding carboxylic acids is 1. The molecule has 0 bridgehead atoms. The van der Waals surface area contributed by atoms with Crippen LogP contribution in [-0.4, -0.2) is 11.4 Å². The topological polar surface area (TPSA) is 55.1 Å². The van der Waals surface area contributed by atoms with Crippen molar-refractivity contribution in [2.45, 2.75) is 51.1 Å². The van der Waals surface area contributed by atoms with Gasteiger partial charge >= 0.3 is 0 Å². The second-order valence-corrected chi connectivity index (χ2v) is 7.02. The Bertz CT molecular complexity index is 491. The standard InChI is InChI=1S/C16H23BrN2O/c1-11-5-4-8-16(18,10-11)15(20)19-12(2)13-6-3-7-14(17)9-13/h3,6-7,9,11-12H,4-5,8,10,18H2,1-2H3,(H,19,20)/t11?,12-,16?/m0/s1. The summed E-state index contributed by atoms with van der Waals surface area (Å²) in [5.74, 6) is 0.511. The van der Waals surface area contributed by atoms with Crippen molar-refractivity contribution >= 4 is 21.8 Å². The van der Waals surface area contributed by atoms with E-state index in [-0.39, 0.29) is 11.9 Å². The summed E-state index contributed by atoms with van der Waals surface area (Å²) in [5, 5.41) is 3.07. The van der Waals surface area contributed by atoms with Crippen molar-refractivity contribution in [1.82, 2.24) is 5.32 Å². The highest BCUT2D eigenvalue weighted by Gasteiger charge is 2.38. The van der Waals surface area contributed by atoms with Gasteiger partial charge in [0.1, 0.15) is 0 Å². The maximum absolute atomic E-state index is 12.5. The molecule has 1 amide bonds. The minimum absolute atomic E-state index is 0.0171. The molecule has 0 aromatic heterocycles. The Balaban J connectivity index is 2.03. The lowest BCUT2D eigenvalue weighted by atomic mass is 9.76. The van der Waals surface area contributed by atoms with E-state index in [4.69, 9.17) is 5.73 Å². The third-order valence-corrected chi connectivity index (χ3v) is 4.67. The second kappa shape index (κ2) is 6.27. The van der Waals surface area contributed by atoms with E-state index in [1.165, 1.54) is 6.42 Å². The van der Waals surface area contributed by atoms with Gasteiger partial charge in [0.05, 0.1) is 11.6 Å². The number of hydrogen-bond acceptors (Lipinski definition) is 2. The third-order valence-electron chi connectivity index (χ3n) is 4.18. The number of hydrogen-bond donors (Lipinski definition) is 2. The summed E-state index contributed by atoms with van der Waals surface area (Å²) in [5.41, 5.74) is 6.71. The Morgan fingerprint density at radius 1 is 1.55 bits per heavy atom. The Hall–Kier alpha value is -0.870. The molecular weight excluding hydrogens is 316 g/mol. The summed E-state index contributed by atoms with van der Waals surface area (Å²) in [4.78, 5) is 12.5. The predicted octanol–water partition coefficient (Wildman–Crippen LogP) is 3.53. The highest BCUT2D eigenvalue weighted by Crippen LogP contribution is 2.31. The fourth-order valence-electron chi connectivity index (χ4n) is 3.00. The van der Waals surface area contributed by atoms with Crippen molar-refractivity contribution in [3.63, 3.8) is 0 Å². The quantitative estimate of drug-likeness (QED) is 0.885. The number of amides is 1. The van der Waals surface area contributed by atoms with Crippen LogP contribution < -0.4 is 11.1 Å². The Kier molecular flexibility index (Phi) is 4.86. The van der Waals surface area contributed by atoms with Gasteiger partial charge in [0.25, 0.3) is 0 Å². The van der Waals surface area contributed by atoms with E-state index in [0.29, 0.717) is 5.92 Å². The van der Waals surface area contributed by atoms with E-state index in [0.717, 1.165) is 29.3 Å². The second-order valence-electron chi connectivity index (χ2n) is 6.11. The van der Waals surface area contributed by atoms with Crippen LogP contribution in [0.4, 0.5) is 0 Å². The molecule has 0 saturated heterocycles. The molecule has 1 aromatic rings. The zero-order valence-corrected chi connectivity index (χ0v) is 13.7. The minimum Gasteiger partial charge on any atom is -0.348 e. The zero-order chi connectivity index (χ0) is 14.8. The Labute approximate surface area is 129 Å². The Morgan fingerprint density at radius 2 is 2.30 bits per heavy atom. The molecule has 20 heavy (non-hydrogen) atoms. The van der Waals surface area contributed by atoms with Crippen LogP contribution >= 0.6 is 15.9 Å². The Morgan fingerprint density at radius 3 is 2.95 bits per heavy atom. The lowest BCUT2D eigenvalue weighted by molar-refractivity contribution is -0.128. The maximum atomic E-state index is 12.5. The smallest absolute Gasteiger partial charge is 0.240 e. The van der Waals surface area contributed by atoms with Gasteiger partial charge in [-0.15, -0.1) is 0 Å². The van der Waals surface area contributed by atoms with Gasteiger partial charge < -0.3 is 11.1 Å². The molecular formula is C16H23BrN2O. The first-order chi connectivity index (χ1) is 9.40. The van der Waals surface area contributed by atoms with Crippen molar-refractivity contribution in [3.8, 4) is 0 Å². The van der Waals surface area contributed by atoms with Crippen molar-refractivity contribution in [1.29, 1.82) is 0 Å². The molecule has 0 heterocycles. The molecule has 3 nitrogen and oxygen atoms in total. The molecule has 0 spiro atoms. The molecule has 4 heteroatoms. The first kappa shape index (κ1) is 15.5. The maximum Gasteiger partial charge on any atom is 0.240 e. The van der Waals surface area contributed by atoms with Crippen molar-refractivity contribution in [2.24, 2.45) is 11.7 Å². The lowest BCUT2D eigenvalue weighted by Gasteiger charge is -2.36. The van der Waals surface area contributed by atoms with Gasteiger partial charge in [-0.25, -0.2) is 0 Å². The number of nitrogens with two attached hydrogens (primary N) is 1. The van der Waals surface area contributed by atoms with E-state index in [1.807, 2.05) is 31.2 Å². The number of nitrogens with one attached hydrogen (secondary N) is 1. The first-order valence-corrected chi connectivity index (χ1v) is 8.05. The fraction of sp³-hybridized carbons (Fsp3) is 0.562. The number of carbonyl (C=O) groups is 1. The number of halogens is 1. The van der Waals surface area contributed by atoms with Crippen LogP contribution in [0.15, 0.2) is 28.7 Å². The van der Waals surface area contributed by atoms with E-state index < -0.39 is 5.54 Å². The van der Waals surface area contributed by atoms with Crippen LogP contribution in [-0.2, 0) is 4.79 Å². The SMILES string of the molecule is CC1CCCC(N)(C(=O)N[C@@H](C)c2cccc(Br)c2)C1. The van der Waals surface area contributed by atoms with Crippen LogP contribution in [0.3, 0.4) is 0 Å². The molecule has 1 fully saturated rings. The van der Waals surface area contributed by atoms with Crippen LogP contribution in [0.1, 0.15) is 51.1 Å². The average Bonchev–Trinajstić information content (AvgIpc) is 2.38. The van der Waals surface area contributed by atoms with Crippen LogP contribution in [0, 0.1) is 5.92 Å². The van der Waals surface area contributed by atoms with Crippen LogP contribution in [0.25, 0.3) is 0 Å². The molecule has 1 aliphatic rings. The summed E-state index contributed by atoms with van der Waals surface area (Å²) in [6.45, 7) is 4.17. The van der Waals surface area contributed by atoms with Crippen molar-refractivity contribution < 1.29 is 4.79 Å². The highest BCUT2D eigenvalue weighted by molar-refractivity contribution is 9.10. The molecule has 110 valence electrons. The van der Waals surface area contributed by atoms with Gasteiger partial charge in [-0.05, 0) is 43.4 Å². The average molecular weight is 339 g/mol. The molecule has 3 atom stereocenters. The normalized spacial score (nSPS) is 27.9. The van der Waals surface area contributed by atoms with E-state index >= 15 is 0 Å². The monoisotopic (exact) mass is 338 g/mol. The molecule has 2 rings (SSSR count). The predicted molar refractivity (Wildman–Crippen MR) is 85.3 cm³/mol. The van der Waals surface area contributed by atoms with Gasteiger partial charge in [-0.2, -0.15) is 0 Å². The molecule has 0 aliphatic heterocycles. The molecule has 1 aromatic carbocycles. The summed E-state index contributed by atoms with van der Waals surface area (Å²) >= 11 is 3.45. The van der Waals surface area contributed by atoms with Crippen molar-refractivity contribution in [3.05, 3.63) is 34.3 Å². The molecule has 2 unspecified atom stereocenters. The van der Waals surface area contributed by atoms with Gasteiger partial charge in [0.2, 0.25) is 5.91 Å². The largest absolute Gasteiger partial charge is 0.348 e. The molecule has 0 radical (unpaired) electrons. The molecule has 1 saturated carbocycles. The minimum atomic E-state index is -0.696. The van der Waals surface area contributed by atoms with E-state index in [2.05, 4.69) is 28.2 Å².